The Hall–Kier alpha value is -1.42. The minimum atomic E-state index is -0.481. The largest absolute Gasteiger partial charge is 0.320 e. The number of carbonyl (C=O) groups excluding carboxylic acids is 1. The van der Waals surface area contributed by atoms with Crippen molar-refractivity contribution in [2.45, 2.75) is 13.0 Å². The highest BCUT2D eigenvalue weighted by Gasteiger charge is 2.14. The van der Waals surface area contributed by atoms with Gasteiger partial charge in [-0.15, -0.1) is 0 Å². The fourth-order valence-corrected chi connectivity index (χ4v) is 0.985. The maximum atomic E-state index is 11.4. The number of hydrogen-bond acceptors (Lipinski definition) is 3. The topological polar surface area (TPSA) is 59.2 Å². The van der Waals surface area contributed by atoms with Gasteiger partial charge in [0.15, 0.2) is 0 Å². The summed E-state index contributed by atoms with van der Waals surface area (Å²) >= 11 is 0. The van der Waals surface area contributed by atoms with Gasteiger partial charge in [-0.2, -0.15) is 0 Å². The molecule has 0 aliphatic rings. The minimum Gasteiger partial charge on any atom is -0.320 e. The van der Waals surface area contributed by atoms with Gasteiger partial charge in [-0.3, -0.25) is 9.78 Å². The van der Waals surface area contributed by atoms with Crippen LogP contribution in [-0.2, 0) is 4.79 Å². The Morgan fingerprint density at radius 3 is 2.85 bits per heavy atom. The van der Waals surface area contributed by atoms with Crippen molar-refractivity contribution >= 4 is 11.6 Å². The minimum absolute atomic E-state index is 0.118. The summed E-state index contributed by atoms with van der Waals surface area (Å²) in [6.07, 6.45) is 3.29. The van der Waals surface area contributed by atoms with E-state index in [-0.39, 0.29) is 5.91 Å². The van der Waals surface area contributed by atoms with Crippen LogP contribution >= 0.6 is 0 Å². The number of amides is 1. The number of anilines is 1. The molecule has 0 aliphatic carbocycles. The monoisotopic (exact) mass is 179 g/mol. The number of likely N-dealkylation sites (N-methyl/N-ethyl adjacent to an activating group) is 1. The van der Waals surface area contributed by atoms with E-state index >= 15 is 0 Å². The lowest BCUT2D eigenvalue weighted by atomic mass is 10.3. The highest BCUT2D eigenvalue weighted by atomic mass is 16.2. The molecule has 4 heteroatoms. The average molecular weight is 179 g/mol. The first-order chi connectivity index (χ1) is 6.13. The summed E-state index contributed by atoms with van der Waals surface area (Å²) in [7, 11) is 1.68. The third kappa shape index (κ3) is 2.26. The molecule has 2 N–H and O–H groups in total. The number of hydrogen-bond donors (Lipinski definition) is 1. The van der Waals surface area contributed by atoms with Crippen LogP contribution in [0.25, 0.3) is 0 Å². The Morgan fingerprint density at radius 2 is 2.38 bits per heavy atom. The van der Waals surface area contributed by atoms with E-state index in [4.69, 9.17) is 5.73 Å². The molecule has 1 aromatic heterocycles. The number of nitrogens with two attached hydrogens (primary N) is 1. The molecule has 0 bridgehead atoms. The zero-order valence-electron chi connectivity index (χ0n) is 7.77. The van der Waals surface area contributed by atoms with Crippen LogP contribution in [0.2, 0.25) is 0 Å². The molecule has 0 aliphatic heterocycles. The fourth-order valence-electron chi connectivity index (χ4n) is 0.985. The van der Waals surface area contributed by atoms with Crippen LogP contribution in [0.1, 0.15) is 6.92 Å². The molecule has 0 spiro atoms. The van der Waals surface area contributed by atoms with Crippen molar-refractivity contribution in [2.24, 2.45) is 5.73 Å². The van der Waals surface area contributed by atoms with E-state index in [1.807, 2.05) is 6.07 Å². The summed E-state index contributed by atoms with van der Waals surface area (Å²) in [6.45, 7) is 1.66. The lowest BCUT2D eigenvalue weighted by Crippen LogP contribution is -2.39. The van der Waals surface area contributed by atoms with E-state index in [2.05, 4.69) is 4.98 Å². The molecule has 0 saturated carbocycles. The number of nitrogens with zero attached hydrogens (tertiary/aromatic N) is 2. The predicted molar refractivity (Wildman–Crippen MR) is 51.3 cm³/mol. The van der Waals surface area contributed by atoms with Gasteiger partial charge in [0.1, 0.15) is 0 Å². The van der Waals surface area contributed by atoms with E-state index in [1.54, 1.807) is 32.4 Å². The second-order valence-electron chi connectivity index (χ2n) is 2.90. The first-order valence-corrected chi connectivity index (χ1v) is 4.06. The van der Waals surface area contributed by atoms with Crippen LogP contribution < -0.4 is 10.6 Å². The number of carbonyl (C=O) groups is 1. The molecule has 0 radical (unpaired) electrons. The van der Waals surface area contributed by atoms with Gasteiger partial charge in [0.25, 0.3) is 0 Å². The van der Waals surface area contributed by atoms with Gasteiger partial charge >= 0.3 is 0 Å². The Kier molecular flexibility index (Phi) is 2.97. The van der Waals surface area contributed by atoms with Gasteiger partial charge in [-0.05, 0) is 19.1 Å². The van der Waals surface area contributed by atoms with Crippen LogP contribution in [0.15, 0.2) is 24.5 Å². The van der Waals surface area contributed by atoms with Crippen LogP contribution in [0, 0.1) is 0 Å². The Balaban J connectivity index is 2.80. The molecule has 1 rings (SSSR count). The molecule has 0 saturated heterocycles. The SMILES string of the molecule is C[C@@H](N)C(=O)N(C)c1cccnc1. The molecule has 1 amide bonds. The third-order valence-electron chi connectivity index (χ3n) is 1.75. The van der Waals surface area contributed by atoms with Gasteiger partial charge in [-0.1, -0.05) is 0 Å². The van der Waals surface area contributed by atoms with Crippen molar-refractivity contribution in [3.05, 3.63) is 24.5 Å². The van der Waals surface area contributed by atoms with Crippen LogP contribution in [0.3, 0.4) is 0 Å². The summed E-state index contributed by atoms with van der Waals surface area (Å²) in [5.74, 6) is -0.118. The quantitative estimate of drug-likeness (QED) is 0.714. The van der Waals surface area contributed by atoms with E-state index in [1.165, 1.54) is 4.90 Å². The smallest absolute Gasteiger partial charge is 0.243 e. The lowest BCUT2D eigenvalue weighted by molar-refractivity contribution is -0.119. The summed E-state index contributed by atoms with van der Waals surface area (Å²) in [6, 6.07) is 3.11. The molecule has 0 unspecified atom stereocenters. The second-order valence-corrected chi connectivity index (χ2v) is 2.90. The highest BCUT2D eigenvalue weighted by molar-refractivity contribution is 5.96. The molecule has 4 nitrogen and oxygen atoms in total. The van der Waals surface area contributed by atoms with Gasteiger partial charge < -0.3 is 10.6 Å². The number of rotatable bonds is 2. The second kappa shape index (κ2) is 4.00. The van der Waals surface area contributed by atoms with E-state index in [0.29, 0.717) is 0 Å². The Labute approximate surface area is 77.4 Å². The molecule has 13 heavy (non-hydrogen) atoms. The van der Waals surface area contributed by atoms with Crippen molar-refractivity contribution in [3.63, 3.8) is 0 Å². The number of pyridine rings is 1. The van der Waals surface area contributed by atoms with Crippen molar-refractivity contribution in [1.29, 1.82) is 0 Å². The van der Waals surface area contributed by atoms with Gasteiger partial charge in [0, 0.05) is 13.2 Å². The van der Waals surface area contributed by atoms with Crippen molar-refractivity contribution in [3.8, 4) is 0 Å². The van der Waals surface area contributed by atoms with E-state index < -0.39 is 6.04 Å². The molecule has 70 valence electrons. The first kappa shape index (κ1) is 9.67. The normalized spacial score (nSPS) is 12.2. The lowest BCUT2D eigenvalue weighted by Gasteiger charge is -2.18. The standard InChI is InChI=1S/C9H13N3O/c1-7(10)9(13)12(2)8-4-3-5-11-6-8/h3-7H,10H2,1-2H3/t7-/m1/s1. The zero-order valence-corrected chi connectivity index (χ0v) is 7.77. The van der Waals surface area contributed by atoms with Crippen LogP contribution in [-0.4, -0.2) is 24.0 Å². The maximum Gasteiger partial charge on any atom is 0.243 e. The van der Waals surface area contributed by atoms with Crippen LogP contribution in [0.4, 0.5) is 5.69 Å². The van der Waals surface area contributed by atoms with Crippen molar-refractivity contribution in [1.82, 2.24) is 4.98 Å². The Morgan fingerprint density at radius 1 is 1.69 bits per heavy atom. The van der Waals surface area contributed by atoms with E-state index in [0.717, 1.165) is 5.69 Å². The summed E-state index contributed by atoms with van der Waals surface area (Å²) < 4.78 is 0. The molecule has 1 heterocycles. The summed E-state index contributed by atoms with van der Waals surface area (Å²) in [4.78, 5) is 16.8. The summed E-state index contributed by atoms with van der Waals surface area (Å²) in [5, 5.41) is 0. The molecule has 1 atom stereocenters. The molecule has 0 aromatic carbocycles. The van der Waals surface area contributed by atoms with Crippen molar-refractivity contribution < 1.29 is 4.79 Å². The maximum absolute atomic E-state index is 11.4. The van der Waals surface area contributed by atoms with Crippen molar-refractivity contribution in [2.75, 3.05) is 11.9 Å². The highest BCUT2D eigenvalue weighted by Crippen LogP contribution is 2.09. The molecule has 1 aromatic rings. The van der Waals surface area contributed by atoms with Gasteiger partial charge in [0.2, 0.25) is 5.91 Å². The fraction of sp³-hybridized carbons (Fsp3) is 0.333. The van der Waals surface area contributed by atoms with Crippen LogP contribution in [0.5, 0.6) is 0 Å². The van der Waals surface area contributed by atoms with Gasteiger partial charge in [-0.25, -0.2) is 0 Å². The first-order valence-electron chi connectivity index (χ1n) is 4.06. The predicted octanol–water partition coefficient (Wildman–Crippen LogP) is 0.392. The third-order valence-corrected chi connectivity index (χ3v) is 1.75. The summed E-state index contributed by atoms with van der Waals surface area (Å²) in [5.41, 5.74) is 6.22. The molecular formula is C9H13N3O. The average Bonchev–Trinajstić information content (AvgIpc) is 2.17. The Bertz CT molecular complexity index is 284. The number of aromatic nitrogens is 1. The van der Waals surface area contributed by atoms with E-state index in [9.17, 15) is 4.79 Å². The molecule has 0 fully saturated rings. The zero-order chi connectivity index (χ0) is 9.84. The molecular weight excluding hydrogens is 166 g/mol. The van der Waals surface area contributed by atoms with Gasteiger partial charge in [0.05, 0.1) is 17.9 Å².